The number of carbonyl (C=O) groups excluding carboxylic acids is 1. The summed E-state index contributed by atoms with van der Waals surface area (Å²) in [7, 11) is 3.21. The Labute approximate surface area is 154 Å². The van der Waals surface area contributed by atoms with Crippen molar-refractivity contribution in [1.82, 2.24) is 20.6 Å². The summed E-state index contributed by atoms with van der Waals surface area (Å²) in [6.45, 7) is 2.36. The van der Waals surface area contributed by atoms with E-state index in [2.05, 4.69) is 20.6 Å². The summed E-state index contributed by atoms with van der Waals surface area (Å²) in [5.41, 5.74) is 1.66. The Hall–Kier alpha value is -3.00. The molecule has 1 aromatic carbocycles. The van der Waals surface area contributed by atoms with E-state index in [4.69, 9.17) is 26.5 Å². The lowest BCUT2D eigenvalue weighted by molar-refractivity contribution is -0.115. The van der Waals surface area contributed by atoms with E-state index in [1.807, 2.05) is 6.92 Å². The van der Waals surface area contributed by atoms with Crippen LogP contribution in [0.5, 0.6) is 11.5 Å². The molecule has 2 heterocycles. The van der Waals surface area contributed by atoms with Crippen LogP contribution in [0.3, 0.4) is 0 Å². The van der Waals surface area contributed by atoms with E-state index in [0.29, 0.717) is 34.8 Å². The smallest absolute Gasteiger partial charge is 0.261 e. The standard InChI is InChI=1S/C17H18ClN5O3/c1-4-26-12-6-9-8(5-11(12)25-3)21-16(22-9)13-14(18)15(19)10(7-20-2)23-17(13)24/h5-7,19-20H,4H2,1-3H3,(H,21,22)(H,23,24)/b10-7+,19-15?. The van der Waals surface area contributed by atoms with Gasteiger partial charge in [-0.05, 0) is 6.92 Å². The topological polar surface area (TPSA) is 112 Å². The zero-order chi connectivity index (χ0) is 18.8. The molecule has 0 radical (unpaired) electrons. The molecular formula is C17H18ClN5O3. The van der Waals surface area contributed by atoms with E-state index in [-0.39, 0.29) is 22.1 Å². The van der Waals surface area contributed by atoms with Crippen molar-refractivity contribution in [2.24, 2.45) is 0 Å². The van der Waals surface area contributed by atoms with Crippen molar-refractivity contribution in [3.05, 3.63) is 34.9 Å². The summed E-state index contributed by atoms with van der Waals surface area (Å²) in [6.07, 6.45) is 1.50. The summed E-state index contributed by atoms with van der Waals surface area (Å²) in [4.78, 5) is 20.0. The summed E-state index contributed by atoms with van der Waals surface area (Å²) in [5.74, 6) is 0.936. The number of methoxy groups -OCH3 is 1. The molecule has 0 bridgehead atoms. The van der Waals surface area contributed by atoms with Crippen molar-refractivity contribution in [1.29, 1.82) is 5.41 Å². The molecule has 0 unspecified atom stereocenters. The fraction of sp³-hybridized carbons (Fsp3) is 0.235. The predicted octanol–water partition coefficient (Wildman–Crippen LogP) is 2.13. The molecule has 0 saturated carbocycles. The van der Waals surface area contributed by atoms with E-state index >= 15 is 0 Å². The highest BCUT2D eigenvalue weighted by Gasteiger charge is 2.30. The lowest BCUT2D eigenvalue weighted by Crippen LogP contribution is -2.35. The highest BCUT2D eigenvalue weighted by atomic mass is 35.5. The van der Waals surface area contributed by atoms with E-state index in [0.717, 1.165) is 0 Å². The van der Waals surface area contributed by atoms with Gasteiger partial charge in [0.25, 0.3) is 5.91 Å². The molecule has 0 atom stereocenters. The number of rotatable bonds is 5. The minimum atomic E-state index is -0.441. The quantitative estimate of drug-likeness (QED) is 0.639. The number of fused-ring (bicyclic) bond motifs is 1. The average Bonchev–Trinajstić information content (AvgIpc) is 3.01. The number of halogens is 1. The molecule has 1 aromatic heterocycles. The minimum absolute atomic E-state index is 0.00339. The molecule has 9 heteroatoms. The van der Waals surface area contributed by atoms with E-state index < -0.39 is 5.91 Å². The number of benzene rings is 1. The fourth-order valence-electron chi connectivity index (χ4n) is 2.62. The highest BCUT2D eigenvalue weighted by Crippen LogP contribution is 2.33. The third-order valence-corrected chi connectivity index (χ3v) is 4.15. The van der Waals surface area contributed by atoms with Crippen LogP contribution in [-0.4, -0.2) is 42.4 Å². The Morgan fingerprint density at radius 3 is 2.81 bits per heavy atom. The Morgan fingerprint density at radius 2 is 2.15 bits per heavy atom. The number of aromatic nitrogens is 2. The minimum Gasteiger partial charge on any atom is -0.493 e. The number of nitrogens with zero attached hydrogens (tertiary/aromatic N) is 1. The van der Waals surface area contributed by atoms with Crippen LogP contribution in [0.25, 0.3) is 16.6 Å². The van der Waals surface area contributed by atoms with Crippen LogP contribution >= 0.6 is 11.6 Å². The second kappa shape index (κ2) is 7.09. The molecule has 1 amide bonds. The number of allylic oxidation sites excluding steroid dienone is 1. The maximum Gasteiger partial charge on any atom is 0.261 e. The second-order valence-corrected chi connectivity index (χ2v) is 5.78. The van der Waals surface area contributed by atoms with Gasteiger partial charge in [0.05, 0.1) is 41.2 Å². The normalized spacial score (nSPS) is 16.2. The zero-order valence-electron chi connectivity index (χ0n) is 14.5. The van der Waals surface area contributed by atoms with Gasteiger partial charge in [-0.3, -0.25) is 10.2 Å². The molecule has 0 fully saturated rings. The van der Waals surface area contributed by atoms with Crippen molar-refractivity contribution in [2.75, 3.05) is 20.8 Å². The maximum atomic E-state index is 12.5. The molecule has 1 aliphatic rings. The molecule has 3 rings (SSSR count). The first-order valence-electron chi connectivity index (χ1n) is 7.88. The monoisotopic (exact) mass is 375 g/mol. The maximum absolute atomic E-state index is 12.5. The first kappa shape index (κ1) is 17.8. The molecule has 1 aliphatic heterocycles. The molecule has 0 spiro atoms. The predicted molar refractivity (Wildman–Crippen MR) is 99.6 cm³/mol. The van der Waals surface area contributed by atoms with Gasteiger partial charge in [-0.2, -0.15) is 0 Å². The van der Waals surface area contributed by atoms with Gasteiger partial charge in [-0.15, -0.1) is 0 Å². The summed E-state index contributed by atoms with van der Waals surface area (Å²) < 4.78 is 10.9. The molecular weight excluding hydrogens is 358 g/mol. The fourth-order valence-corrected chi connectivity index (χ4v) is 2.90. The summed E-state index contributed by atoms with van der Waals surface area (Å²) >= 11 is 6.28. The lowest BCUT2D eigenvalue weighted by Gasteiger charge is -2.19. The summed E-state index contributed by atoms with van der Waals surface area (Å²) in [5, 5.41) is 13.5. The Bertz CT molecular complexity index is 961. The molecule has 0 aliphatic carbocycles. The van der Waals surface area contributed by atoms with Gasteiger partial charge < -0.3 is 25.1 Å². The van der Waals surface area contributed by atoms with Gasteiger partial charge in [0.1, 0.15) is 11.4 Å². The van der Waals surface area contributed by atoms with Gasteiger partial charge in [0, 0.05) is 25.4 Å². The third-order valence-electron chi connectivity index (χ3n) is 3.78. The van der Waals surface area contributed by atoms with Crippen LogP contribution in [-0.2, 0) is 4.79 Å². The van der Waals surface area contributed by atoms with Crippen LogP contribution in [0.4, 0.5) is 0 Å². The van der Waals surface area contributed by atoms with Crippen LogP contribution in [0.1, 0.15) is 12.7 Å². The van der Waals surface area contributed by atoms with Gasteiger partial charge in [-0.25, -0.2) is 4.98 Å². The van der Waals surface area contributed by atoms with E-state index in [1.165, 1.54) is 6.20 Å². The van der Waals surface area contributed by atoms with Gasteiger partial charge in [-0.1, -0.05) is 11.6 Å². The second-order valence-electron chi connectivity index (χ2n) is 5.40. The largest absolute Gasteiger partial charge is 0.493 e. The number of aromatic amines is 1. The van der Waals surface area contributed by atoms with Crippen molar-refractivity contribution in [3.63, 3.8) is 0 Å². The lowest BCUT2D eigenvalue weighted by atomic mass is 10.1. The van der Waals surface area contributed by atoms with Gasteiger partial charge >= 0.3 is 0 Å². The molecule has 0 saturated heterocycles. The van der Waals surface area contributed by atoms with Crippen LogP contribution in [0.2, 0.25) is 0 Å². The number of hydrogen-bond acceptors (Lipinski definition) is 6. The summed E-state index contributed by atoms with van der Waals surface area (Å²) in [6, 6.07) is 3.47. The zero-order valence-corrected chi connectivity index (χ0v) is 15.2. The number of hydrogen-bond donors (Lipinski definition) is 4. The van der Waals surface area contributed by atoms with Crippen LogP contribution in [0.15, 0.2) is 29.1 Å². The highest BCUT2D eigenvalue weighted by molar-refractivity contribution is 6.54. The average molecular weight is 376 g/mol. The van der Waals surface area contributed by atoms with Crippen molar-refractivity contribution >= 4 is 39.8 Å². The van der Waals surface area contributed by atoms with Crippen molar-refractivity contribution in [3.8, 4) is 11.5 Å². The third kappa shape index (κ3) is 2.99. The molecule has 136 valence electrons. The number of carbonyl (C=O) groups is 1. The number of nitrogens with one attached hydrogen (secondary N) is 4. The number of ether oxygens (including phenoxy) is 2. The first-order chi connectivity index (χ1) is 12.5. The molecule has 2 aromatic rings. The van der Waals surface area contributed by atoms with Crippen LogP contribution < -0.4 is 20.1 Å². The van der Waals surface area contributed by atoms with E-state index in [9.17, 15) is 4.79 Å². The van der Waals surface area contributed by atoms with Crippen LogP contribution in [0, 0.1) is 5.41 Å². The molecule has 4 N–H and O–H groups in total. The molecule has 26 heavy (non-hydrogen) atoms. The van der Waals surface area contributed by atoms with E-state index in [1.54, 1.807) is 26.3 Å². The SMILES string of the molecule is CCOc1cc2[nH]c(C3=C(Cl)C(=N)/C(=C\NC)NC3=O)nc2cc1OC. The Balaban J connectivity index is 2.12. The van der Waals surface area contributed by atoms with Gasteiger partial charge in [0.2, 0.25) is 0 Å². The number of amides is 1. The Kier molecular flexibility index (Phi) is 4.85. The number of imidazole rings is 1. The number of H-pyrrole nitrogens is 1. The Morgan fingerprint density at radius 1 is 1.38 bits per heavy atom. The van der Waals surface area contributed by atoms with Gasteiger partial charge in [0.15, 0.2) is 11.5 Å². The molecule has 8 nitrogen and oxygen atoms in total. The first-order valence-corrected chi connectivity index (χ1v) is 8.26. The van der Waals surface area contributed by atoms with Crippen molar-refractivity contribution < 1.29 is 14.3 Å². The van der Waals surface area contributed by atoms with Crippen molar-refractivity contribution in [2.45, 2.75) is 6.92 Å².